The molecule has 84 valence electrons. The number of rotatable bonds is 2. The molecule has 14 heavy (non-hydrogen) atoms. The maximum atomic E-state index is 11.4. The summed E-state index contributed by atoms with van der Waals surface area (Å²) in [6.07, 6.45) is 4.37. The van der Waals surface area contributed by atoms with Gasteiger partial charge in [-0.15, -0.1) is 12.4 Å². The fraction of sp³-hybridized carbons (Fsp3) is 0.889. The van der Waals surface area contributed by atoms with E-state index in [1.54, 1.807) is 7.05 Å². The van der Waals surface area contributed by atoms with Gasteiger partial charge in [0.05, 0.1) is 0 Å². The van der Waals surface area contributed by atoms with E-state index in [9.17, 15) is 4.79 Å². The molecule has 1 rings (SSSR count). The summed E-state index contributed by atoms with van der Waals surface area (Å²) in [5.41, 5.74) is 5.50. The minimum atomic E-state index is 0. The van der Waals surface area contributed by atoms with Crippen LogP contribution in [0, 0.1) is 0 Å². The fourth-order valence-corrected chi connectivity index (χ4v) is 1.90. The number of carbonyl (C=O) groups is 1. The van der Waals surface area contributed by atoms with E-state index in [0.29, 0.717) is 12.6 Å². The van der Waals surface area contributed by atoms with Crippen molar-refractivity contribution in [1.29, 1.82) is 0 Å². The van der Waals surface area contributed by atoms with Gasteiger partial charge < -0.3 is 16.0 Å². The highest BCUT2D eigenvalue weighted by Crippen LogP contribution is 2.18. The molecular weight excluding hydrogens is 202 g/mol. The Bertz CT molecular complexity index is 175. The molecule has 1 aliphatic heterocycles. The Kier molecular flexibility index (Phi) is 6.66. The van der Waals surface area contributed by atoms with E-state index in [-0.39, 0.29) is 18.4 Å². The quantitative estimate of drug-likeness (QED) is 0.730. The number of hydrogen-bond acceptors (Lipinski definition) is 2. The lowest BCUT2D eigenvalue weighted by Crippen LogP contribution is -2.48. The molecule has 1 heterocycles. The maximum absolute atomic E-state index is 11.4. The number of nitrogens with two attached hydrogens (primary N) is 1. The van der Waals surface area contributed by atoms with Gasteiger partial charge in [-0.2, -0.15) is 0 Å². The third-order valence-electron chi connectivity index (χ3n) is 2.60. The number of nitrogens with zero attached hydrogens (tertiary/aromatic N) is 1. The second kappa shape index (κ2) is 6.90. The number of urea groups is 1. The van der Waals surface area contributed by atoms with Crippen LogP contribution in [-0.4, -0.2) is 37.1 Å². The molecule has 3 N–H and O–H groups in total. The zero-order valence-electron chi connectivity index (χ0n) is 8.66. The summed E-state index contributed by atoms with van der Waals surface area (Å²) in [5.74, 6) is 0. The zero-order valence-corrected chi connectivity index (χ0v) is 9.48. The largest absolute Gasteiger partial charge is 0.341 e. The normalized spacial score (nSPS) is 21.3. The molecule has 0 spiro atoms. The van der Waals surface area contributed by atoms with Crippen molar-refractivity contribution in [2.45, 2.75) is 31.7 Å². The molecule has 5 heteroatoms. The summed E-state index contributed by atoms with van der Waals surface area (Å²) in [6.45, 7) is 1.54. The average Bonchev–Trinajstić information content (AvgIpc) is 2.18. The minimum absolute atomic E-state index is 0. The standard InChI is InChI=1S/C9H19N3O.ClH/c1-11-9(13)12-7-3-2-4-8(12)5-6-10;/h8H,2-7,10H2,1H3,(H,11,13);1H. The van der Waals surface area contributed by atoms with E-state index in [2.05, 4.69) is 5.32 Å². The predicted molar refractivity (Wildman–Crippen MR) is 59.7 cm³/mol. The van der Waals surface area contributed by atoms with E-state index < -0.39 is 0 Å². The molecule has 0 bridgehead atoms. The average molecular weight is 222 g/mol. The van der Waals surface area contributed by atoms with E-state index in [0.717, 1.165) is 25.8 Å². The zero-order chi connectivity index (χ0) is 9.68. The van der Waals surface area contributed by atoms with Crippen molar-refractivity contribution in [3.8, 4) is 0 Å². The smallest absolute Gasteiger partial charge is 0.317 e. The summed E-state index contributed by atoms with van der Waals surface area (Å²) < 4.78 is 0. The van der Waals surface area contributed by atoms with Crippen LogP contribution in [-0.2, 0) is 0 Å². The van der Waals surface area contributed by atoms with E-state index in [4.69, 9.17) is 5.73 Å². The van der Waals surface area contributed by atoms with Crippen LogP contribution in [0.1, 0.15) is 25.7 Å². The first kappa shape index (κ1) is 13.5. The molecule has 1 fully saturated rings. The number of nitrogens with one attached hydrogen (secondary N) is 1. The van der Waals surface area contributed by atoms with Crippen molar-refractivity contribution < 1.29 is 4.79 Å². The molecule has 1 saturated heterocycles. The Balaban J connectivity index is 0.00000169. The highest BCUT2D eigenvalue weighted by Gasteiger charge is 2.24. The summed E-state index contributed by atoms with van der Waals surface area (Å²) in [6, 6.07) is 0.400. The summed E-state index contributed by atoms with van der Waals surface area (Å²) in [7, 11) is 1.68. The fourth-order valence-electron chi connectivity index (χ4n) is 1.90. The number of halogens is 1. The van der Waals surface area contributed by atoms with Crippen LogP contribution in [0.15, 0.2) is 0 Å². The van der Waals surface area contributed by atoms with Gasteiger partial charge in [-0.25, -0.2) is 4.79 Å². The topological polar surface area (TPSA) is 58.4 Å². The third-order valence-corrected chi connectivity index (χ3v) is 2.60. The molecular formula is C9H20ClN3O. The van der Waals surface area contributed by atoms with Crippen molar-refractivity contribution >= 4 is 18.4 Å². The Morgan fingerprint density at radius 3 is 2.86 bits per heavy atom. The van der Waals surface area contributed by atoms with Gasteiger partial charge >= 0.3 is 6.03 Å². The first-order chi connectivity index (χ1) is 6.29. The third kappa shape index (κ3) is 3.35. The summed E-state index contributed by atoms with van der Waals surface area (Å²) in [5, 5.41) is 2.67. The van der Waals surface area contributed by atoms with Crippen LogP contribution in [0.3, 0.4) is 0 Å². The lowest BCUT2D eigenvalue weighted by Gasteiger charge is -2.35. The molecule has 4 nitrogen and oxygen atoms in total. The molecule has 0 saturated carbocycles. The second-order valence-electron chi connectivity index (χ2n) is 3.48. The van der Waals surface area contributed by atoms with E-state index in [1.165, 1.54) is 6.42 Å². The van der Waals surface area contributed by atoms with Crippen molar-refractivity contribution in [1.82, 2.24) is 10.2 Å². The predicted octanol–water partition coefficient (Wildman–Crippen LogP) is 0.951. The van der Waals surface area contributed by atoms with Gasteiger partial charge in [0.1, 0.15) is 0 Å². The van der Waals surface area contributed by atoms with Crippen LogP contribution in [0.5, 0.6) is 0 Å². The van der Waals surface area contributed by atoms with Crippen molar-refractivity contribution in [2.75, 3.05) is 20.1 Å². The summed E-state index contributed by atoms with van der Waals surface area (Å²) in [4.78, 5) is 13.3. The van der Waals surface area contributed by atoms with Crippen LogP contribution in [0.2, 0.25) is 0 Å². The number of carbonyl (C=O) groups excluding carboxylic acids is 1. The Morgan fingerprint density at radius 2 is 2.29 bits per heavy atom. The SMILES string of the molecule is CNC(=O)N1CCCCC1CCN.Cl. The van der Waals surface area contributed by atoms with E-state index in [1.807, 2.05) is 4.90 Å². The molecule has 2 amide bonds. The first-order valence-corrected chi connectivity index (χ1v) is 4.98. The van der Waals surface area contributed by atoms with E-state index >= 15 is 0 Å². The lowest BCUT2D eigenvalue weighted by molar-refractivity contribution is 0.149. The van der Waals surface area contributed by atoms with Crippen molar-refractivity contribution in [3.05, 3.63) is 0 Å². The molecule has 0 aliphatic carbocycles. The molecule has 1 aliphatic rings. The number of hydrogen-bond donors (Lipinski definition) is 2. The van der Waals surface area contributed by atoms with Gasteiger partial charge in [-0.1, -0.05) is 0 Å². The number of piperidine rings is 1. The van der Waals surface area contributed by atoms with Crippen LogP contribution in [0.25, 0.3) is 0 Å². The molecule has 1 unspecified atom stereocenters. The first-order valence-electron chi connectivity index (χ1n) is 4.98. The Labute approximate surface area is 91.6 Å². The van der Waals surface area contributed by atoms with Gasteiger partial charge in [0.25, 0.3) is 0 Å². The molecule has 0 aromatic carbocycles. The van der Waals surface area contributed by atoms with Gasteiger partial charge in [0.2, 0.25) is 0 Å². The second-order valence-corrected chi connectivity index (χ2v) is 3.48. The van der Waals surface area contributed by atoms with Crippen LogP contribution < -0.4 is 11.1 Å². The van der Waals surface area contributed by atoms with Crippen molar-refractivity contribution in [3.63, 3.8) is 0 Å². The molecule has 1 atom stereocenters. The van der Waals surface area contributed by atoms with Gasteiger partial charge in [-0.05, 0) is 32.2 Å². The number of likely N-dealkylation sites (tertiary alicyclic amines) is 1. The highest BCUT2D eigenvalue weighted by molar-refractivity contribution is 5.85. The van der Waals surface area contributed by atoms with Crippen LogP contribution in [0.4, 0.5) is 4.79 Å². The van der Waals surface area contributed by atoms with Crippen molar-refractivity contribution in [2.24, 2.45) is 5.73 Å². The Hall–Kier alpha value is -0.480. The van der Waals surface area contributed by atoms with Gasteiger partial charge in [0.15, 0.2) is 0 Å². The monoisotopic (exact) mass is 221 g/mol. The summed E-state index contributed by atoms with van der Waals surface area (Å²) >= 11 is 0. The highest BCUT2D eigenvalue weighted by atomic mass is 35.5. The minimum Gasteiger partial charge on any atom is -0.341 e. The molecule has 0 aromatic heterocycles. The molecule has 0 aromatic rings. The van der Waals surface area contributed by atoms with Gasteiger partial charge in [0, 0.05) is 19.6 Å². The maximum Gasteiger partial charge on any atom is 0.317 e. The Morgan fingerprint density at radius 1 is 1.57 bits per heavy atom. The molecule has 0 radical (unpaired) electrons. The van der Waals surface area contributed by atoms with Gasteiger partial charge in [-0.3, -0.25) is 0 Å². The number of amides is 2. The lowest BCUT2D eigenvalue weighted by atomic mass is 10.00. The van der Waals surface area contributed by atoms with Crippen LogP contribution >= 0.6 is 12.4 Å².